The van der Waals surface area contributed by atoms with Crippen LogP contribution in [0.2, 0.25) is 0 Å². The van der Waals surface area contributed by atoms with Gasteiger partial charge in [0.1, 0.15) is 5.75 Å². The summed E-state index contributed by atoms with van der Waals surface area (Å²) in [5.41, 5.74) is 1.61. The van der Waals surface area contributed by atoms with E-state index in [-0.39, 0.29) is 11.9 Å². The van der Waals surface area contributed by atoms with Gasteiger partial charge in [-0.05, 0) is 55.5 Å². The predicted octanol–water partition coefficient (Wildman–Crippen LogP) is 3.66. The van der Waals surface area contributed by atoms with E-state index in [9.17, 15) is 9.59 Å². The van der Waals surface area contributed by atoms with Gasteiger partial charge < -0.3 is 20.1 Å². The number of hydrogen-bond donors (Lipinski definition) is 2. The molecule has 0 bridgehead atoms. The zero-order valence-electron chi connectivity index (χ0n) is 16.0. The van der Waals surface area contributed by atoms with Crippen LogP contribution in [0.15, 0.2) is 60.7 Å². The summed E-state index contributed by atoms with van der Waals surface area (Å²) in [5.74, 6) is 0.566. The number of amides is 1. The van der Waals surface area contributed by atoms with Gasteiger partial charge in [-0.3, -0.25) is 4.79 Å². The summed E-state index contributed by atoms with van der Waals surface area (Å²) < 4.78 is 10.1. The predicted molar refractivity (Wildman–Crippen MR) is 109 cm³/mol. The quantitative estimate of drug-likeness (QED) is 0.592. The van der Waals surface area contributed by atoms with E-state index >= 15 is 0 Å². The number of hydrogen-bond acceptors (Lipinski definition) is 7. The van der Waals surface area contributed by atoms with Crippen molar-refractivity contribution in [3.05, 3.63) is 71.8 Å². The lowest BCUT2D eigenvalue weighted by Crippen LogP contribution is -2.14. The van der Waals surface area contributed by atoms with Crippen LogP contribution in [0.4, 0.5) is 17.3 Å². The van der Waals surface area contributed by atoms with Gasteiger partial charge in [0.2, 0.25) is 0 Å². The zero-order valence-corrected chi connectivity index (χ0v) is 16.0. The third-order valence-electron chi connectivity index (χ3n) is 3.93. The lowest BCUT2D eigenvalue weighted by molar-refractivity contribution is 0.0526. The number of carbonyl (C=O) groups excluding carboxylic acids is 2. The number of esters is 1. The van der Waals surface area contributed by atoms with Crippen molar-refractivity contribution in [3.63, 3.8) is 0 Å². The Kier molecular flexibility index (Phi) is 6.36. The molecule has 0 unspecified atom stereocenters. The Morgan fingerprint density at radius 1 is 0.931 bits per heavy atom. The average Bonchev–Trinajstić information content (AvgIpc) is 2.75. The standard InChI is InChI=1S/C21H20N4O4/c1-3-29-21(27)14-8-10-15(11-9-14)22-18-12-13-19(25-24-18)23-20(26)16-6-4-5-7-17(16)28-2/h4-13H,3H2,1-2H3,(H,22,24)(H,23,25,26). The summed E-state index contributed by atoms with van der Waals surface area (Å²) in [4.78, 5) is 24.1. The summed E-state index contributed by atoms with van der Waals surface area (Å²) in [5, 5.41) is 13.8. The van der Waals surface area contributed by atoms with Crippen LogP contribution in [-0.4, -0.2) is 35.8 Å². The van der Waals surface area contributed by atoms with Crippen LogP contribution in [0, 0.1) is 0 Å². The molecule has 148 valence electrons. The van der Waals surface area contributed by atoms with E-state index in [4.69, 9.17) is 9.47 Å². The molecule has 3 rings (SSSR count). The molecule has 1 aromatic heterocycles. The van der Waals surface area contributed by atoms with Crippen LogP contribution in [0.1, 0.15) is 27.6 Å². The first kappa shape index (κ1) is 19.8. The Morgan fingerprint density at radius 3 is 2.28 bits per heavy atom. The topological polar surface area (TPSA) is 102 Å². The molecular weight excluding hydrogens is 372 g/mol. The highest BCUT2D eigenvalue weighted by Crippen LogP contribution is 2.19. The Hall–Kier alpha value is -3.94. The molecule has 2 aromatic carbocycles. The van der Waals surface area contributed by atoms with Crippen molar-refractivity contribution in [2.45, 2.75) is 6.92 Å². The van der Waals surface area contributed by atoms with Crippen molar-refractivity contribution in [3.8, 4) is 5.75 Å². The van der Waals surface area contributed by atoms with E-state index in [0.29, 0.717) is 35.1 Å². The maximum atomic E-state index is 12.4. The molecule has 0 spiro atoms. The minimum absolute atomic E-state index is 0.309. The largest absolute Gasteiger partial charge is 0.496 e. The minimum atomic E-state index is -0.367. The second-order valence-corrected chi connectivity index (χ2v) is 5.88. The van der Waals surface area contributed by atoms with Gasteiger partial charge in [-0.15, -0.1) is 10.2 Å². The molecule has 3 aromatic rings. The Morgan fingerprint density at radius 2 is 1.62 bits per heavy atom. The highest BCUT2D eigenvalue weighted by atomic mass is 16.5. The van der Waals surface area contributed by atoms with Crippen LogP contribution in [0.25, 0.3) is 0 Å². The lowest BCUT2D eigenvalue weighted by atomic mass is 10.2. The van der Waals surface area contributed by atoms with E-state index in [2.05, 4.69) is 20.8 Å². The molecule has 1 amide bonds. The van der Waals surface area contributed by atoms with Gasteiger partial charge in [-0.2, -0.15) is 0 Å². The first-order valence-corrected chi connectivity index (χ1v) is 8.93. The highest BCUT2D eigenvalue weighted by molar-refractivity contribution is 6.05. The fourth-order valence-corrected chi connectivity index (χ4v) is 2.53. The van der Waals surface area contributed by atoms with E-state index in [1.807, 2.05) is 0 Å². The Bertz CT molecular complexity index is 988. The third kappa shape index (κ3) is 5.07. The number of para-hydroxylation sites is 1. The van der Waals surface area contributed by atoms with E-state index in [1.165, 1.54) is 7.11 Å². The highest BCUT2D eigenvalue weighted by Gasteiger charge is 2.12. The number of anilines is 3. The van der Waals surface area contributed by atoms with Gasteiger partial charge >= 0.3 is 5.97 Å². The van der Waals surface area contributed by atoms with Crippen molar-refractivity contribution >= 4 is 29.2 Å². The maximum Gasteiger partial charge on any atom is 0.338 e. The molecule has 2 N–H and O–H groups in total. The molecule has 0 aliphatic heterocycles. The number of ether oxygens (including phenoxy) is 2. The molecule has 0 saturated heterocycles. The third-order valence-corrected chi connectivity index (χ3v) is 3.93. The molecule has 8 nitrogen and oxygen atoms in total. The molecule has 1 heterocycles. The van der Waals surface area contributed by atoms with Crippen molar-refractivity contribution in [1.82, 2.24) is 10.2 Å². The smallest absolute Gasteiger partial charge is 0.338 e. The first-order chi connectivity index (χ1) is 14.1. The van der Waals surface area contributed by atoms with Crippen LogP contribution >= 0.6 is 0 Å². The molecule has 0 aliphatic carbocycles. The Labute approximate surface area is 167 Å². The second kappa shape index (κ2) is 9.32. The zero-order chi connectivity index (χ0) is 20.6. The second-order valence-electron chi connectivity index (χ2n) is 5.88. The molecule has 0 saturated carbocycles. The molecule has 29 heavy (non-hydrogen) atoms. The summed E-state index contributed by atoms with van der Waals surface area (Å²) in [6.07, 6.45) is 0. The molecule has 0 atom stereocenters. The number of nitrogens with one attached hydrogen (secondary N) is 2. The van der Waals surface area contributed by atoms with E-state index in [1.54, 1.807) is 67.6 Å². The number of methoxy groups -OCH3 is 1. The van der Waals surface area contributed by atoms with Gasteiger partial charge in [-0.1, -0.05) is 12.1 Å². The first-order valence-electron chi connectivity index (χ1n) is 8.93. The molecule has 0 radical (unpaired) electrons. The summed E-state index contributed by atoms with van der Waals surface area (Å²) in [6, 6.07) is 17.0. The molecule has 8 heteroatoms. The SMILES string of the molecule is CCOC(=O)c1ccc(Nc2ccc(NC(=O)c3ccccc3OC)nn2)cc1. The number of rotatable bonds is 7. The lowest BCUT2D eigenvalue weighted by Gasteiger charge is -2.09. The van der Waals surface area contributed by atoms with Crippen LogP contribution in [0.3, 0.4) is 0 Å². The fourth-order valence-electron chi connectivity index (χ4n) is 2.53. The minimum Gasteiger partial charge on any atom is -0.496 e. The van der Waals surface area contributed by atoms with Gasteiger partial charge in [0.05, 0.1) is 24.8 Å². The van der Waals surface area contributed by atoms with Crippen LogP contribution in [-0.2, 0) is 4.74 Å². The van der Waals surface area contributed by atoms with Crippen LogP contribution < -0.4 is 15.4 Å². The summed E-state index contributed by atoms with van der Waals surface area (Å²) >= 11 is 0. The van der Waals surface area contributed by atoms with Crippen molar-refractivity contribution < 1.29 is 19.1 Å². The summed E-state index contributed by atoms with van der Waals surface area (Å²) in [6.45, 7) is 2.09. The molecule has 0 aliphatic rings. The van der Waals surface area contributed by atoms with Crippen LogP contribution in [0.5, 0.6) is 5.75 Å². The van der Waals surface area contributed by atoms with Gasteiger partial charge in [0.15, 0.2) is 11.6 Å². The molecular formula is C21H20N4O4. The van der Waals surface area contributed by atoms with Crippen molar-refractivity contribution in [2.24, 2.45) is 0 Å². The normalized spacial score (nSPS) is 10.1. The number of aromatic nitrogens is 2. The van der Waals surface area contributed by atoms with Gasteiger partial charge in [0, 0.05) is 5.69 Å². The van der Waals surface area contributed by atoms with Gasteiger partial charge in [-0.25, -0.2) is 4.79 Å². The average molecular weight is 392 g/mol. The van der Waals surface area contributed by atoms with E-state index in [0.717, 1.165) is 5.69 Å². The van der Waals surface area contributed by atoms with E-state index < -0.39 is 0 Å². The van der Waals surface area contributed by atoms with Crippen molar-refractivity contribution in [2.75, 3.05) is 24.4 Å². The molecule has 0 fully saturated rings. The number of benzene rings is 2. The number of nitrogens with zero attached hydrogens (tertiary/aromatic N) is 2. The number of carbonyl (C=O) groups is 2. The van der Waals surface area contributed by atoms with Gasteiger partial charge in [0.25, 0.3) is 5.91 Å². The van der Waals surface area contributed by atoms with Crippen molar-refractivity contribution in [1.29, 1.82) is 0 Å². The summed E-state index contributed by atoms with van der Waals surface area (Å²) in [7, 11) is 1.51. The maximum absolute atomic E-state index is 12.4. The fraction of sp³-hybridized carbons (Fsp3) is 0.143. The Balaban J connectivity index is 1.63. The monoisotopic (exact) mass is 392 g/mol.